The summed E-state index contributed by atoms with van der Waals surface area (Å²) < 4.78 is 13.7. The highest BCUT2D eigenvalue weighted by Gasteiger charge is 2.07. The Morgan fingerprint density at radius 3 is 2.64 bits per heavy atom. The number of nitrogens with zero attached hydrogens (tertiary/aromatic N) is 3. The van der Waals surface area contributed by atoms with Crippen molar-refractivity contribution in [1.29, 1.82) is 0 Å². The van der Waals surface area contributed by atoms with Gasteiger partial charge in [0, 0.05) is 11.4 Å². The number of hydrogen-bond acceptors (Lipinski definition) is 5. The minimum Gasteiger partial charge on any atom is -0.490 e. The maximum Gasteiger partial charge on any atom is 0.216 e. The van der Waals surface area contributed by atoms with E-state index in [1.807, 2.05) is 56.3 Å². The van der Waals surface area contributed by atoms with Crippen molar-refractivity contribution in [3.05, 3.63) is 69.2 Å². The Labute approximate surface area is 173 Å². The Balaban J connectivity index is 1.78. The maximum atomic E-state index is 5.93. The SMILES string of the molecule is CCOc1cc(/C=N/n2c(CC)n[nH]c2=S)ccc1OCc1ccc(Cl)cc1. The van der Waals surface area contributed by atoms with Crippen LogP contribution in [0, 0.1) is 4.77 Å². The lowest BCUT2D eigenvalue weighted by Gasteiger charge is -2.12. The Bertz CT molecular complexity index is 1010. The average Bonchev–Trinajstić information content (AvgIpc) is 3.06. The van der Waals surface area contributed by atoms with Crippen LogP contribution in [0.4, 0.5) is 0 Å². The number of hydrogen-bond donors (Lipinski definition) is 1. The standard InChI is InChI=1S/C20H21ClN4O2S/c1-3-19-23-24-20(28)25(19)22-12-15-7-10-17(18(11-15)26-4-2)27-13-14-5-8-16(21)9-6-14/h5-12H,3-4,13H2,1-2H3,(H,24,28)/b22-12+. The second kappa shape index (κ2) is 9.52. The molecule has 2 aromatic carbocycles. The van der Waals surface area contributed by atoms with Crippen LogP contribution in [0.2, 0.25) is 5.02 Å². The predicted molar refractivity (Wildman–Crippen MR) is 113 cm³/mol. The molecule has 6 nitrogen and oxygen atoms in total. The second-order valence-corrected chi connectivity index (χ2v) is 6.73. The van der Waals surface area contributed by atoms with Gasteiger partial charge in [-0.2, -0.15) is 14.9 Å². The molecule has 0 aliphatic heterocycles. The summed E-state index contributed by atoms with van der Waals surface area (Å²) in [5.41, 5.74) is 1.89. The number of nitrogens with one attached hydrogen (secondary N) is 1. The summed E-state index contributed by atoms with van der Waals surface area (Å²) in [7, 11) is 0. The van der Waals surface area contributed by atoms with E-state index < -0.39 is 0 Å². The van der Waals surface area contributed by atoms with Crippen LogP contribution in [-0.4, -0.2) is 27.7 Å². The van der Waals surface area contributed by atoms with Gasteiger partial charge in [-0.15, -0.1) is 0 Å². The van der Waals surface area contributed by atoms with Crippen LogP contribution in [-0.2, 0) is 13.0 Å². The molecule has 0 saturated carbocycles. The molecule has 3 rings (SSSR count). The summed E-state index contributed by atoms with van der Waals surface area (Å²) in [5, 5.41) is 12.0. The van der Waals surface area contributed by atoms with Gasteiger partial charge < -0.3 is 9.47 Å². The number of H-pyrrole nitrogens is 1. The molecule has 0 unspecified atom stereocenters. The summed E-state index contributed by atoms with van der Waals surface area (Å²) in [6.07, 6.45) is 2.45. The third kappa shape index (κ3) is 4.99. The lowest BCUT2D eigenvalue weighted by atomic mass is 10.2. The monoisotopic (exact) mass is 416 g/mol. The molecular weight excluding hydrogens is 396 g/mol. The molecule has 0 spiro atoms. The zero-order valence-electron chi connectivity index (χ0n) is 15.7. The van der Waals surface area contributed by atoms with E-state index in [4.69, 9.17) is 33.3 Å². The van der Waals surface area contributed by atoms with Gasteiger partial charge >= 0.3 is 0 Å². The van der Waals surface area contributed by atoms with Gasteiger partial charge in [0.05, 0.1) is 12.8 Å². The molecule has 146 valence electrons. The third-order valence-corrected chi connectivity index (χ3v) is 4.45. The smallest absolute Gasteiger partial charge is 0.216 e. The minimum atomic E-state index is 0.425. The van der Waals surface area contributed by atoms with Gasteiger partial charge in [0.15, 0.2) is 17.3 Å². The number of rotatable bonds is 8. The van der Waals surface area contributed by atoms with E-state index in [0.29, 0.717) is 34.5 Å². The Morgan fingerprint density at radius 2 is 1.93 bits per heavy atom. The lowest BCUT2D eigenvalue weighted by molar-refractivity contribution is 0.269. The number of aromatic nitrogens is 3. The summed E-state index contributed by atoms with van der Waals surface area (Å²) in [6, 6.07) is 13.2. The van der Waals surface area contributed by atoms with Gasteiger partial charge in [0.2, 0.25) is 4.77 Å². The molecule has 1 N–H and O–H groups in total. The van der Waals surface area contributed by atoms with Crippen molar-refractivity contribution in [1.82, 2.24) is 14.9 Å². The number of ether oxygens (including phenoxy) is 2. The molecular formula is C20H21ClN4O2S. The third-order valence-electron chi connectivity index (χ3n) is 3.93. The van der Waals surface area contributed by atoms with Crippen LogP contribution < -0.4 is 9.47 Å². The van der Waals surface area contributed by atoms with E-state index in [1.165, 1.54) is 0 Å². The molecule has 0 atom stereocenters. The highest BCUT2D eigenvalue weighted by molar-refractivity contribution is 7.71. The van der Waals surface area contributed by atoms with Gasteiger partial charge in [-0.25, -0.2) is 0 Å². The number of aromatic amines is 1. The first kappa shape index (κ1) is 20.1. The van der Waals surface area contributed by atoms with Crippen LogP contribution in [0.25, 0.3) is 0 Å². The summed E-state index contributed by atoms with van der Waals surface area (Å²) in [4.78, 5) is 0. The van der Waals surface area contributed by atoms with Gasteiger partial charge in [0.25, 0.3) is 0 Å². The topological polar surface area (TPSA) is 64.4 Å². The number of halogens is 1. The molecule has 3 aromatic rings. The molecule has 0 radical (unpaired) electrons. The maximum absolute atomic E-state index is 5.93. The molecule has 0 aliphatic carbocycles. The van der Waals surface area contributed by atoms with E-state index in [1.54, 1.807) is 10.9 Å². The van der Waals surface area contributed by atoms with Crippen LogP contribution in [0.15, 0.2) is 47.6 Å². The van der Waals surface area contributed by atoms with Crippen LogP contribution >= 0.6 is 23.8 Å². The molecule has 8 heteroatoms. The van der Waals surface area contributed by atoms with Crippen molar-refractivity contribution in [2.75, 3.05) is 6.61 Å². The quantitative estimate of drug-likeness (QED) is 0.413. The van der Waals surface area contributed by atoms with Gasteiger partial charge in [-0.05, 0) is 60.6 Å². The first-order chi connectivity index (χ1) is 13.6. The predicted octanol–water partition coefficient (Wildman–Crippen LogP) is 5.02. The lowest BCUT2D eigenvalue weighted by Crippen LogP contribution is -2.01. The van der Waals surface area contributed by atoms with Crippen molar-refractivity contribution >= 4 is 30.0 Å². The molecule has 0 bridgehead atoms. The Kier molecular flexibility index (Phi) is 6.84. The largest absolute Gasteiger partial charge is 0.490 e. The molecule has 28 heavy (non-hydrogen) atoms. The van der Waals surface area contributed by atoms with E-state index >= 15 is 0 Å². The Morgan fingerprint density at radius 1 is 1.14 bits per heavy atom. The highest BCUT2D eigenvalue weighted by Crippen LogP contribution is 2.29. The molecule has 0 fully saturated rings. The van der Waals surface area contributed by atoms with Crippen molar-refractivity contribution in [3.8, 4) is 11.5 Å². The second-order valence-electron chi connectivity index (χ2n) is 5.91. The van der Waals surface area contributed by atoms with E-state index in [0.717, 1.165) is 23.4 Å². The molecule has 1 heterocycles. The first-order valence-corrected chi connectivity index (χ1v) is 9.74. The molecule has 0 amide bonds. The fourth-order valence-electron chi connectivity index (χ4n) is 2.53. The fraction of sp³-hybridized carbons (Fsp3) is 0.250. The summed E-state index contributed by atoms with van der Waals surface area (Å²) in [5.74, 6) is 2.10. The van der Waals surface area contributed by atoms with Crippen molar-refractivity contribution < 1.29 is 9.47 Å². The first-order valence-electron chi connectivity index (χ1n) is 8.95. The zero-order chi connectivity index (χ0) is 19.9. The molecule has 0 saturated heterocycles. The van der Waals surface area contributed by atoms with Gasteiger partial charge in [-0.3, -0.25) is 5.10 Å². The highest BCUT2D eigenvalue weighted by atomic mass is 35.5. The van der Waals surface area contributed by atoms with E-state index in [2.05, 4.69) is 15.3 Å². The average molecular weight is 417 g/mol. The summed E-state index contributed by atoms with van der Waals surface area (Å²) in [6.45, 7) is 4.89. The van der Waals surface area contributed by atoms with Gasteiger partial charge in [-0.1, -0.05) is 30.7 Å². The number of aryl methyl sites for hydroxylation is 1. The van der Waals surface area contributed by atoms with Crippen molar-refractivity contribution in [2.45, 2.75) is 26.9 Å². The van der Waals surface area contributed by atoms with E-state index in [9.17, 15) is 0 Å². The number of benzene rings is 2. The van der Waals surface area contributed by atoms with Crippen LogP contribution in [0.3, 0.4) is 0 Å². The Hall–Kier alpha value is -2.64. The van der Waals surface area contributed by atoms with Gasteiger partial charge in [0.1, 0.15) is 6.61 Å². The van der Waals surface area contributed by atoms with Crippen molar-refractivity contribution in [3.63, 3.8) is 0 Å². The van der Waals surface area contributed by atoms with Crippen LogP contribution in [0.1, 0.15) is 30.8 Å². The van der Waals surface area contributed by atoms with Crippen molar-refractivity contribution in [2.24, 2.45) is 5.10 Å². The van der Waals surface area contributed by atoms with E-state index in [-0.39, 0.29) is 0 Å². The fourth-order valence-corrected chi connectivity index (χ4v) is 2.85. The normalized spacial score (nSPS) is 11.1. The van der Waals surface area contributed by atoms with Crippen LogP contribution in [0.5, 0.6) is 11.5 Å². The minimum absolute atomic E-state index is 0.425. The molecule has 0 aliphatic rings. The molecule has 1 aromatic heterocycles. The summed E-state index contributed by atoms with van der Waals surface area (Å²) >= 11 is 11.1. The zero-order valence-corrected chi connectivity index (χ0v) is 17.3.